The van der Waals surface area contributed by atoms with E-state index in [9.17, 15) is 5.26 Å². The second kappa shape index (κ2) is 10.5. The maximum Gasteiger partial charge on any atom is 0.215 e. The third-order valence-corrected chi connectivity index (χ3v) is 8.12. The van der Waals surface area contributed by atoms with Gasteiger partial charge in [0.1, 0.15) is 12.4 Å². The van der Waals surface area contributed by atoms with Crippen LogP contribution in [0.4, 0.5) is 11.5 Å². The molecule has 3 aliphatic heterocycles. The quantitative estimate of drug-likeness (QED) is 0.555. The van der Waals surface area contributed by atoms with E-state index in [1.165, 1.54) is 34.9 Å². The van der Waals surface area contributed by atoms with Crippen LogP contribution in [0.3, 0.4) is 0 Å². The zero-order valence-electron chi connectivity index (χ0n) is 21.6. The Morgan fingerprint density at radius 1 is 1.16 bits per heavy atom. The van der Waals surface area contributed by atoms with Crippen molar-refractivity contribution in [1.82, 2.24) is 20.2 Å². The number of likely N-dealkylation sites (N-methyl/N-ethyl adjacent to an activating group) is 1. The lowest BCUT2D eigenvalue weighted by molar-refractivity contribution is 0.193. The molecule has 2 fully saturated rings. The van der Waals surface area contributed by atoms with Crippen molar-refractivity contribution >= 4 is 22.3 Å². The molecule has 1 N–H and O–H groups in total. The number of rotatable bonds is 6. The molecule has 2 saturated heterocycles. The van der Waals surface area contributed by atoms with Gasteiger partial charge in [-0.1, -0.05) is 24.3 Å². The first-order chi connectivity index (χ1) is 18.2. The molecule has 6 rings (SSSR count). The number of likely N-dealkylation sites (tertiary alicyclic amines) is 1. The van der Waals surface area contributed by atoms with Crippen molar-refractivity contribution in [2.75, 3.05) is 56.2 Å². The molecular weight excluding hydrogens is 462 g/mol. The van der Waals surface area contributed by atoms with Crippen LogP contribution in [0.1, 0.15) is 30.5 Å². The number of ether oxygens (including phenoxy) is 1. The molecule has 0 bridgehead atoms. The Kier molecular flexibility index (Phi) is 6.81. The predicted octanol–water partition coefficient (Wildman–Crippen LogP) is 3.36. The van der Waals surface area contributed by atoms with E-state index in [1.807, 2.05) is 6.20 Å². The summed E-state index contributed by atoms with van der Waals surface area (Å²) in [5, 5.41) is 15.1. The molecule has 8 nitrogen and oxygen atoms in total. The van der Waals surface area contributed by atoms with E-state index in [0.29, 0.717) is 31.5 Å². The van der Waals surface area contributed by atoms with Crippen molar-refractivity contribution in [2.45, 2.75) is 44.3 Å². The lowest BCUT2D eigenvalue weighted by atomic mass is 10.00. The Morgan fingerprint density at radius 3 is 2.95 bits per heavy atom. The number of nitrogens with one attached hydrogen (secondary N) is 1. The Bertz CT molecular complexity index is 1300. The van der Waals surface area contributed by atoms with Crippen LogP contribution in [-0.2, 0) is 13.0 Å². The average molecular weight is 498 g/mol. The van der Waals surface area contributed by atoms with Crippen LogP contribution in [0.25, 0.3) is 10.8 Å². The van der Waals surface area contributed by atoms with Gasteiger partial charge in [-0.2, -0.15) is 5.26 Å². The summed E-state index contributed by atoms with van der Waals surface area (Å²) in [6.07, 6.45) is 5.71. The summed E-state index contributed by atoms with van der Waals surface area (Å²) in [4.78, 5) is 17.0. The van der Waals surface area contributed by atoms with Crippen molar-refractivity contribution in [3.8, 4) is 11.9 Å². The number of aromatic nitrogens is 2. The monoisotopic (exact) mass is 497 g/mol. The lowest BCUT2D eigenvalue weighted by Crippen LogP contribution is -2.51. The van der Waals surface area contributed by atoms with Gasteiger partial charge in [0, 0.05) is 67.2 Å². The van der Waals surface area contributed by atoms with Crippen LogP contribution in [-0.4, -0.2) is 73.3 Å². The summed E-state index contributed by atoms with van der Waals surface area (Å²) < 4.78 is 6.36. The van der Waals surface area contributed by atoms with Crippen molar-refractivity contribution in [3.63, 3.8) is 0 Å². The first-order valence-corrected chi connectivity index (χ1v) is 13.5. The number of hydrogen-bond donors (Lipinski definition) is 1. The fourth-order valence-corrected chi connectivity index (χ4v) is 6.05. The third kappa shape index (κ3) is 4.94. The highest BCUT2D eigenvalue weighted by molar-refractivity contribution is 5.92. The number of hydrogen-bond acceptors (Lipinski definition) is 8. The largest absolute Gasteiger partial charge is 0.476 e. The van der Waals surface area contributed by atoms with Gasteiger partial charge in [0.15, 0.2) is 0 Å². The molecular formula is C29H35N7O. The van der Waals surface area contributed by atoms with E-state index in [0.717, 1.165) is 50.7 Å². The second-order valence-corrected chi connectivity index (χ2v) is 10.5. The van der Waals surface area contributed by atoms with Crippen LogP contribution in [0, 0.1) is 11.3 Å². The fourth-order valence-electron chi connectivity index (χ4n) is 6.05. The van der Waals surface area contributed by atoms with E-state index >= 15 is 0 Å². The molecule has 1 aromatic carbocycles. The lowest BCUT2D eigenvalue weighted by Gasteiger charge is -2.38. The topological polar surface area (TPSA) is 80.5 Å². The summed E-state index contributed by atoms with van der Waals surface area (Å²) >= 11 is 0. The standard InChI is InChI=1S/C29H35N7O/c1-34-14-4-6-23(34)20-37-28-17-27(35-16-13-31-22(18-35)8-11-30)25-10-15-36(19-26(25)33-28)29-24-7-3-2-5-21(24)9-12-32-29/h2-3,5,7,9,12,17,22-23,31H,4,6,8,10,13-16,18-20H2,1H3/t22?,23-/m0/s1. The molecule has 192 valence electrons. The Labute approximate surface area is 218 Å². The zero-order valence-corrected chi connectivity index (χ0v) is 21.6. The minimum absolute atomic E-state index is 0.180. The van der Waals surface area contributed by atoms with Crippen LogP contribution in [0.2, 0.25) is 0 Å². The van der Waals surface area contributed by atoms with E-state index in [4.69, 9.17) is 14.7 Å². The number of anilines is 2. The first-order valence-electron chi connectivity index (χ1n) is 13.5. The third-order valence-electron chi connectivity index (χ3n) is 8.12. The highest BCUT2D eigenvalue weighted by Gasteiger charge is 2.29. The first kappa shape index (κ1) is 24.0. The SMILES string of the molecule is CN1CCC[C@H]1COc1cc(N2CCNC(CC#N)C2)c2c(n1)CN(c1nccc3ccccc13)CC2. The number of nitriles is 1. The van der Waals surface area contributed by atoms with Crippen LogP contribution >= 0.6 is 0 Å². The number of fused-ring (bicyclic) bond motifs is 2. The van der Waals surface area contributed by atoms with Crippen molar-refractivity contribution in [1.29, 1.82) is 5.26 Å². The van der Waals surface area contributed by atoms with Crippen LogP contribution in [0.5, 0.6) is 5.88 Å². The molecule has 3 aromatic rings. The molecule has 5 heterocycles. The second-order valence-electron chi connectivity index (χ2n) is 10.5. The molecule has 8 heteroatoms. The smallest absolute Gasteiger partial charge is 0.215 e. The Hall–Kier alpha value is -3.41. The van der Waals surface area contributed by atoms with Crippen LogP contribution in [0.15, 0.2) is 42.6 Å². The van der Waals surface area contributed by atoms with E-state index < -0.39 is 0 Å². The van der Waals surface area contributed by atoms with Gasteiger partial charge < -0.3 is 24.8 Å². The minimum Gasteiger partial charge on any atom is -0.476 e. The normalized spacial score (nSPS) is 22.2. The van der Waals surface area contributed by atoms with Gasteiger partial charge in [0.25, 0.3) is 0 Å². The molecule has 3 aliphatic rings. The van der Waals surface area contributed by atoms with E-state index in [-0.39, 0.29) is 6.04 Å². The summed E-state index contributed by atoms with van der Waals surface area (Å²) in [7, 11) is 2.18. The van der Waals surface area contributed by atoms with Gasteiger partial charge in [0.05, 0.1) is 24.7 Å². The number of nitrogens with zero attached hydrogens (tertiary/aromatic N) is 6. The average Bonchev–Trinajstić information content (AvgIpc) is 3.35. The van der Waals surface area contributed by atoms with Crippen LogP contribution < -0.4 is 19.9 Å². The van der Waals surface area contributed by atoms with Crippen molar-refractivity contribution < 1.29 is 4.74 Å². The zero-order chi connectivity index (χ0) is 25.2. The minimum atomic E-state index is 0.180. The number of piperazine rings is 1. The molecule has 0 saturated carbocycles. The van der Waals surface area contributed by atoms with E-state index in [2.05, 4.69) is 69.5 Å². The Balaban J connectivity index is 1.32. The molecule has 37 heavy (non-hydrogen) atoms. The number of pyridine rings is 2. The van der Waals surface area contributed by atoms with Crippen molar-refractivity contribution in [2.24, 2.45) is 0 Å². The fraction of sp³-hybridized carbons (Fsp3) is 0.483. The molecule has 0 aliphatic carbocycles. The van der Waals surface area contributed by atoms with Gasteiger partial charge in [-0.15, -0.1) is 0 Å². The Morgan fingerprint density at radius 2 is 2.08 bits per heavy atom. The van der Waals surface area contributed by atoms with Gasteiger partial charge in [-0.3, -0.25) is 0 Å². The van der Waals surface area contributed by atoms with E-state index in [1.54, 1.807) is 0 Å². The molecule has 0 spiro atoms. The molecule has 2 atom stereocenters. The molecule has 0 amide bonds. The number of benzene rings is 1. The maximum atomic E-state index is 9.27. The van der Waals surface area contributed by atoms with Gasteiger partial charge in [-0.25, -0.2) is 9.97 Å². The van der Waals surface area contributed by atoms with Crippen molar-refractivity contribution in [3.05, 3.63) is 53.9 Å². The van der Waals surface area contributed by atoms with Gasteiger partial charge in [0.2, 0.25) is 5.88 Å². The molecule has 0 radical (unpaired) electrons. The molecule has 1 unspecified atom stereocenters. The van der Waals surface area contributed by atoms with Gasteiger partial charge in [-0.05, 0) is 44.3 Å². The van der Waals surface area contributed by atoms with Gasteiger partial charge >= 0.3 is 0 Å². The summed E-state index contributed by atoms with van der Waals surface area (Å²) in [5.74, 6) is 1.72. The summed E-state index contributed by atoms with van der Waals surface area (Å²) in [5.41, 5.74) is 3.60. The highest BCUT2D eigenvalue weighted by atomic mass is 16.5. The summed E-state index contributed by atoms with van der Waals surface area (Å²) in [6, 6.07) is 15.6. The summed E-state index contributed by atoms with van der Waals surface area (Å²) in [6.45, 7) is 6.00. The maximum absolute atomic E-state index is 9.27. The molecule has 2 aromatic heterocycles. The highest BCUT2D eigenvalue weighted by Crippen LogP contribution is 2.35. The predicted molar refractivity (Wildman–Crippen MR) is 146 cm³/mol.